The number of amides is 1. The zero-order valence-electron chi connectivity index (χ0n) is 18.6. The lowest BCUT2D eigenvalue weighted by atomic mass is 9.87. The van der Waals surface area contributed by atoms with E-state index in [0.717, 1.165) is 54.1 Å². The SMILES string of the molecule is COc1ccc2c(c1)CCc1c(-c3ccc(C(=O)N4CCc5ccccc5C4)cc3)n[nH]c1-2. The normalized spacial score (nSPS) is 14.3. The summed E-state index contributed by atoms with van der Waals surface area (Å²) in [7, 11) is 1.70. The van der Waals surface area contributed by atoms with E-state index in [4.69, 9.17) is 4.74 Å². The number of aryl methyl sites for hydroxylation is 1. The number of aromatic amines is 1. The number of nitrogens with one attached hydrogen (secondary N) is 1. The van der Waals surface area contributed by atoms with Crippen LogP contribution in [0.2, 0.25) is 0 Å². The van der Waals surface area contributed by atoms with E-state index >= 15 is 0 Å². The van der Waals surface area contributed by atoms with Gasteiger partial charge in [-0.25, -0.2) is 0 Å². The van der Waals surface area contributed by atoms with Gasteiger partial charge in [0.1, 0.15) is 5.75 Å². The van der Waals surface area contributed by atoms with Gasteiger partial charge in [-0.05, 0) is 66.3 Å². The van der Waals surface area contributed by atoms with Crippen LogP contribution in [0.3, 0.4) is 0 Å². The monoisotopic (exact) mass is 435 g/mol. The Morgan fingerprint density at radius 1 is 0.939 bits per heavy atom. The van der Waals surface area contributed by atoms with Crippen LogP contribution < -0.4 is 4.74 Å². The molecule has 0 bridgehead atoms. The molecule has 2 aliphatic rings. The van der Waals surface area contributed by atoms with Gasteiger partial charge in [-0.2, -0.15) is 5.10 Å². The number of carbonyl (C=O) groups is 1. The molecule has 1 aliphatic heterocycles. The summed E-state index contributed by atoms with van der Waals surface area (Å²) in [5.74, 6) is 0.970. The minimum atomic E-state index is 0.0861. The molecule has 5 heteroatoms. The van der Waals surface area contributed by atoms with E-state index in [9.17, 15) is 4.79 Å². The number of aromatic nitrogens is 2. The van der Waals surface area contributed by atoms with E-state index in [0.29, 0.717) is 6.54 Å². The van der Waals surface area contributed by atoms with Crippen molar-refractivity contribution in [3.8, 4) is 28.3 Å². The Hall–Kier alpha value is -3.86. The second-order valence-electron chi connectivity index (χ2n) is 8.77. The summed E-state index contributed by atoms with van der Waals surface area (Å²) in [5.41, 5.74) is 10.1. The van der Waals surface area contributed by atoms with Crippen molar-refractivity contribution in [2.45, 2.75) is 25.8 Å². The first-order valence-electron chi connectivity index (χ1n) is 11.4. The lowest BCUT2D eigenvalue weighted by Gasteiger charge is -2.29. The number of nitrogens with zero attached hydrogens (tertiary/aromatic N) is 2. The molecule has 1 N–H and O–H groups in total. The van der Waals surface area contributed by atoms with Crippen LogP contribution in [0.25, 0.3) is 22.5 Å². The first kappa shape index (κ1) is 19.8. The van der Waals surface area contributed by atoms with Crippen LogP contribution in [0.4, 0.5) is 0 Å². The lowest BCUT2D eigenvalue weighted by Crippen LogP contribution is -2.35. The van der Waals surface area contributed by atoms with Gasteiger partial charge in [-0.1, -0.05) is 36.4 Å². The highest BCUT2D eigenvalue weighted by atomic mass is 16.5. The molecule has 1 aliphatic carbocycles. The molecular formula is C28H25N3O2. The highest BCUT2D eigenvalue weighted by Crippen LogP contribution is 2.38. The molecule has 5 nitrogen and oxygen atoms in total. The van der Waals surface area contributed by atoms with Gasteiger partial charge in [0.05, 0.1) is 18.5 Å². The Balaban J connectivity index is 1.25. The summed E-state index contributed by atoms with van der Waals surface area (Å²) in [6.45, 7) is 1.43. The lowest BCUT2D eigenvalue weighted by molar-refractivity contribution is 0.0734. The van der Waals surface area contributed by atoms with Crippen molar-refractivity contribution < 1.29 is 9.53 Å². The fourth-order valence-electron chi connectivity index (χ4n) is 5.10. The van der Waals surface area contributed by atoms with Crippen LogP contribution >= 0.6 is 0 Å². The van der Waals surface area contributed by atoms with E-state index < -0.39 is 0 Å². The second-order valence-corrected chi connectivity index (χ2v) is 8.77. The number of H-pyrrole nitrogens is 1. The Labute approximate surface area is 193 Å². The van der Waals surface area contributed by atoms with Crippen LogP contribution in [-0.2, 0) is 25.8 Å². The highest BCUT2D eigenvalue weighted by molar-refractivity contribution is 5.95. The molecule has 6 rings (SSSR count). The first-order chi connectivity index (χ1) is 16.2. The van der Waals surface area contributed by atoms with Crippen molar-refractivity contribution in [2.75, 3.05) is 13.7 Å². The van der Waals surface area contributed by atoms with Crippen LogP contribution in [-0.4, -0.2) is 34.7 Å². The van der Waals surface area contributed by atoms with Crippen LogP contribution in [0, 0.1) is 0 Å². The molecule has 3 aromatic carbocycles. The van der Waals surface area contributed by atoms with Gasteiger partial charge in [0.2, 0.25) is 0 Å². The zero-order valence-corrected chi connectivity index (χ0v) is 18.6. The number of hydrogen-bond acceptors (Lipinski definition) is 3. The highest BCUT2D eigenvalue weighted by Gasteiger charge is 2.24. The number of hydrogen-bond donors (Lipinski definition) is 1. The molecule has 0 saturated carbocycles. The Bertz CT molecular complexity index is 1350. The maximum Gasteiger partial charge on any atom is 0.254 e. The van der Waals surface area contributed by atoms with Crippen molar-refractivity contribution in [1.29, 1.82) is 0 Å². The van der Waals surface area contributed by atoms with Crippen LogP contribution in [0.5, 0.6) is 5.75 Å². The van der Waals surface area contributed by atoms with Gasteiger partial charge in [-0.15, -0.1) is 0 Å². The van der Waals surface area contributed by atoms with Crippen molar-refractivity contribution in [2.24, 2.45) is 0 Å². The molecule has 33 heavy (non-hydrogen) atoms. The predicted molar refractivity (Wildman–Crippen MR) is 128 cm³/mol. The average Bonchev–Trinajstić information content (AvgIpc) is 3.32. The number of rotatable bonds is 3. The molecule has 0 unspecified atom stereocenters. The topological polar surface area (TPSA) is 58.2 Å². The Morgan fingerprint density at radius 3 is 2.58 bits per heavy atom. The van der Waals surface area contributed by atoms with Gasteiger partial charge in [-0.3, -0.25) is 9.89 Å². The van der Waals surface area contributed by atoms with Crippen LogP contribution in [0.1, 0.15) is 32.6 Å². The largest absolute Gasteiger partial charge is 0.497 e. The van der Waals surface area contributed by atoms with Crippen molar-refractivity contribution in [1.82, 2.24) is 15.1 Å². The third-order valence-electron chi connectivity index (χ3n) is 6.92. The Kier molecular flexibility index (Phi) is 4.75. The third-order valence-corrected chi connectivity index (χ3v) is 6.92. The molecule has 1 aromatic heterocycles. The molecule has 1 amide bonds. The average molecular weight is 436 g/mol. The summed E-state index contributed by atoms with van der Waals surface area (Å²) in [6.07, 6.45) is 2.79. The molecule has 0 saturated heterocycles. The number of ether oxygens (including phenoxy) is 1. The van der Waals surface area contributed by atoms with E-state index in [1.165, 1.54) is 27.8 Å². The van der Waals surface area contributed by atoms with Gasteiger partial charge in [0.25, 0.3) is 5.91 Å². The standard InChI is InChI=1S/C28H25N3O2/c1-33-23-11-13-24-21(16-23)10-12-25-26(29-30-27(24)25)19-6-8-20(9-7-19)28(32)31-15-14-18-4-2-3-5-22(18)17-31/h2-9,11,13,16H,10,12,14-15,17H2,1H3,(H,29,30). The summed E-state index contributed by atoms with van der Waals surface area (Å²) < 4.78 is 5.38. The molecule has 0 radical (unpaired) electrons. The zero-order chi connectivity index (χ0) is 22.4. The van der Waals surface area contributed by atoms with Gasteiger partial charge in [0, 0.05) is 35.3 Å². The van der Waals surface area contributed by atoms with Crippen molar-refractivity contribution >= 4 is 5.91 Å². The van der Waals surface area contributed by atoms with Gasteiger partial charge >= 0.3 is 0 Å². The number of carbonyl (C=O) groups excluding carboxylic acids is 1. The predicted octanol–water partition coefficient (Wildman–Crippen LogP) is 5.05. The number of methoxy groups -OCH3 is 1. The maximum absolute atomic E-state index is 13.1. The number of fused-ring (bicyclic) bond motifs is 4. The summed E-state index contributed by atoms with van der Waals surface area (Å²) in [6, 6.07) is 22.5. The summed E-state index contributed by atoms with van der Waals surface area (Å²) in [4.78, 5) is 15.1. The quantitative estimate of drug-likeness (QED) is 0.490. The minimum absolute atomic E-state index is 0.0861. The van der Waals surface area contributed by atoms with Gasteiger partial charge < -0.3 is 9.64 Å². The molecule has 0 spiro atoms. The first-order valence-corrected chi connectivity index (χ1v) is 11.4. The molecule has 2 heterocycles. The van der Waals surface area contributed by atoms with Crippen molar-refractivity contribution in [3.63, 3.8) is 0 Å². The molecule has 0 fully saturated rings. The van der Waals surface area contributed by atoms with E-state index in [2.05, 4.69) is 40.5 Å². The van der Waals surface area contributed by atoms with E-state index in [1.54, 1.807) is 7.11 Å². The molecule has 164 valence electrons. The van der Waals surface area contributed by atoms with E-state index in [1.807, 2.05) is 41.3 Å². The van der Waals surface area contributed by atoms with Crippen LogP contribution in [0.15, 0.2) is 66.7 Å². The summed E-state index contributed by atoms with van der Waals surface area (Å²) in [5, 5.41) is 7.90. The molecular weight excluding hydrogens is 410 g/mol. The smallest absolute Gasteiger partial charge is 0.254 e. The van der Waals surface area contributed by atoms with E-state index in [-0.39, 0.29) is 5.91 Å². The number of benzene rings is 3. The van der Waals surface area contributed by atoms with Crippen molar-refractivity contribution in [3.05, 3.63) is 94.5 Å². The fraction of sp³-hybridized carbons (Fsp3) is 0.214. The fourth-order valence-corrected chi connectivity index (χ4v) is 5.10. The molecule has 4 aromatic rings. The minimum Gasteiger partial charge on any atom is -0.497 e. The maximum atomic E-state index is 13.1. The molecule has 0 atom stereocenters. The van der Waals surface area contributed by atoms with Gasteiger partial charge in [0.15, 0.2) is 0 Å². The summed E-state index contributed by atoms with van der Waals surface area (Å²) >= 11 is 0. The second kappa shape index (κ2) is 7.93. The Morgan fingerprint density at radius 2 is 1.76 bits per heavy atom. The third kappa shape index (κ3) is 3.41.